The minimum atomic E-state index is 0.0990. The number of likely N-dealkylation sites (tertiary alicyclic amines) is 1. The van der Waals surface area contributed by atoms with Gasteiger partial charge >= 0.3 is 0 Å². The zero-order chi connectivity index (χ0) is 15.4. The average Bonchev–Trinajstić information content (AvgIpc) is 3.02. The fourth-order valence-electron chi connectivity index (χ4n) is 2.87. The van der Waals surface area contributed by atoms with E-state index in [0.717, 1.165) is 49.1 Å². The van der Waals surface area contributed by atoms with Gasteiger partial charge in [0, 0.05) is 25.3 Å². The summed E-state index contributed by atoms with van der Waals surface area (Å²) in [4.78, 5) is 21.7. The lowest BCUT2D eigenvalue weighted by molar-refractivity contribution is 0.0576. The molecule has 1 aliphatic rings. The number of benzene rings is 1. The molecule has 1 N–H and O–H groups in total. The van der Waals surface area contributed by atoms with Gasteiger partial charge in [-0.15, -0.1) is 6.58 Å². The lowest BCUT2D eigenvalue weighted by atomic mass is 9.97. The molecular weight excluding hydrogens is 278 g/mol. The summed E-state index contributed by atoms with van der Waals surface area (Å²) in [5, 5.41) is 0. The Labute approximate surface area is 130 Å². The molecule has 1 aliphatic heterocycles. The summed E-state index contributed by atoms with van der Waals surface area (Å²) in [7, 11) is 0. The fraction of sp³-hybridized carbons (Fsp3) is 0.412. The zero-order valence-electron chi connectivity index (χ0n) is 12.6. The minimum Gasteiger partial charge on any atom is -0.377 e. The van der Waals surface area contributed by atoms with E-state index in [4.69, 9.17) is 4.74 Å². The number of ether oxygens (including phenoxy) is 1. The molecule has 0 atom stereocenters. The van der Waals surface area contributed by atoms with Crippen LogP contribution in [0.15, 0.2) is 37.2 Å². The van der Waals surface area contributed by atoms with Gasteiger partial charge in [-0.25, -0.2) is 4.98 Å². The predicted octanol–water partition coefficient (Wildman–Crippen LogP) is 2.62. The molecule has 0 unspecified atom stereocenters. The first-order valence-electron chi connectivity index (χ1n) is 7.69. The van der Waals surface area contributed by atoms with Crippen molar-refractivity contribution in [3.63, 3.8) is 0 Å². The quantitative estimate of drug-likeness (QED) is 0.682. The van der Waals surface area contributed by atoms with E-state index >= 15 is 0 Å². The highest BCUT2D eigenvalue weighted by atomic mass is 16.5. The Kier molecular flexibility index (Phi) is 4.53. The number of carbonyl (C=O) groups excluding carboxylic acids is 1. The molecule has 22 heavy (non-hydrogen) atoms. The molecule has 3 rings (SSSR count). The number of nitrogens with one attached hydrogen (secondary N) is 1. The number of amides is 1. The first-order chi connectivity index (χ1) is 10.8. The largest absolute Gasteiger partial charge is 0.377 e. The third kappa shape index (κ3) is 3.20. The zero-order valence-corrected chi connectivity index (χ0v) is 12.6. The molecule has 1 aromatic carbocycles. The number of piperidine rings is 1. The summed E-state index contributed by atoms with van der Waals surface area (Å²) < 4.78 is 5.51. The molecule has 0 spiro atoms. The van der Waals surface area contributed by atoms with Gasteiger partial charge < -0.3 is 14.6 Å². The van der Waals surface area contributed by atoms with Crippen LogP contribution in [-0.4, -0.2) is 47.1 Å². The summed E-state index contributed by atoms with van der Waals surface area (Å²) in [6, 6.07) is 5.61. The second-order valence-corrected chi connectivity index (χ2v) is 5.70. The molecule has 1 aromatic heterocycles. The van der Waals surface area contributed by atoms with Gasteiger partial charge in [0.15, 0.2) is 0 Å². The van der Waals surface area contributed by atoms with E-state index in [1.807, 2.05) is 23.1 Å². The number of hydrogen-bond acceptors (Lipinski definition) is 3. The highest BCUT2D eigenvalue weighted by molar-refractivity contribution is 5.97. The molecule has 0 aliphatic carbocycles. The number of rotatable bonds is 5. The standard InChI is InChI=1S/C17H21N3O2/c1-2-9-22-11-13-5-7-20(8-6-13)17(21)14-3-4-15-16(10-14)19-12-18-15/h2-4,10,12-13H,1,5-9,11H2,(H,18,19). The van der Waals surface area contributed by atoms with Gasteiger partial charge in [0.05, 0.1) is 24.0 Å². The van der Waals surface area contributed by atoms with Crippen LogP contribution in [0.1, 0.15) is 23.2 Å². The second-order valence-electron chi connectivity index (χ2n) is 5.70. The average molecular weight is 299 g/mol. The van der Waals surface area contributed by atoms with Crippen molar-refractivity contribution in [3.8, 4) is 0 Å². The molecular formula is C17H21N3O2. The van der Waals surface area contributed by atoms with Crippen molar-refractivity contribution in [3.05, 3.63) is 42.7 Å². The van der Waals surface area contributed by atoms with Crippen LogP contribution < -0.4 is 0 Å². The normalized spacial score (nSPS) is 16.1. The number of carbonyl (C=O) groups is 1. The predicted molar refractivity (Wildman–Crippen MR) is 85.7 cm³/mol. The maximum atomic E-state index is 12.6. The van der Waals surface area contributed by atoms with Crippen molar-refractivity contribution in [2.24, 2.45) is 5.92 Å². The molecule has 1 fully saturated rings. The summed E-state index contributed by atoms with van der Waals surface area (Å²) in [5.74, 6) is 0.640. The van der Waals surface area contributed by atoms with Crippen molar-refractivity contribution in [1.82, 2.24) is 14.9 Å². The number of aromatic nitrogens is 2. The third-order valence-corrected chi connectivity index (χ3v) is 4.16. The van der Waals surface area contributed by atoms with E-state index in [9.17, 15) is 4.79 Å². The van der Waals surface area contributed by atoms with Gasteiger partial charge in [0.2, 0.25) is 0 Å². The monoisotopic (exact) mass is 299 g/mol. The van der Waals surface area contributed by atoms with Gasteiger partial charge in [0.1, 0.15) is 0 Å². The van der Waals surface area contributed by atoms with Crippen LogP contribution in [0.4, 0.5) is 0 Å². The molecule has 2 aromatic rings. The van der Waals surface area contributed by atoms with Gasteiger partial charge in [-0.3, -0.25) is 4.79 Å². The Morgan fingerprint density at radius 2 is 2.27 bits per heavy atom. The molecule has 5 nitrogen and oxygen atoms in total. The highest BCUT2D eigenvalue weighted by Gasteiger charge is 2.23. The number of imidazole rings is 1. The van der Waals surface area contributed by atoms with Crippen LogP contribution in [0.25, 0.3) is 11.0 Å². The van der Waals surface area contributed by atoms with E-state index in [1.54, 1.807) is 12.4 Å². The summed E-state index contributed by atoms with van der Waals surface area (Å²) >= 11 is 0. The fourth-order valence-corrected chi connectivity index (χ4v) is 2.87. The summed E-state index contributed by atoms with van der Waals surface area (Å²) in [5.41, 5.74) is 2.51. The highest BCUT2D eigenvalue weighted by Crippen LogP contribution is 2.20. The first-order valence-corrected chi connectivity index (χ1v) is 7.69. The minimum absolute atomic E-state index is 0.0990. The van der Waals surface area contributed by atoms with Crippen molar-refractivity contribution in [1.29, 1.82) is 0 Å². The molecule has 0 radical (unpaired) electrons. The summed E-state index contributed by atoms with van der Waals surface area (Å²) in [6.07, 6.45) is 5.41. The lowest BCUT2D eigenvalue weighted by Gasteiger charge is -2.31. The van der Waals surface area contributed by atoms with E-state index in [2.05, 4.69) is 16.5 Å². The first kappa shape index (κ1) is 14.8. The van der Waals surface area contributed by atoms with Crippen LogP contribution in [-0.2, 0) is 4.74 Å². The van der Waals surface area contributed by atoms with Crippen molar-refractivity contribution in [2.75, 3.05) is 26.3 Å². The van der Waals surface area contributed by atoms with Gasteiger partial charge in [-0.2, -0.15) is 0 Å². The Morgan fingerprint density at radius 3 is 3.05 bits per heavy atom. The number of hydrogen-bond donors (Lipinski definition) is 1. The maximum absolute atomic E-state index is 12.6. The van der Waals surface area contributed by atoms with Crippen LogP contribution in [0, 0.1) is 5.92 Å². The van der Waals surface area contributed by atoms with Crippen molar-refractivity contribution in [2.45, 2.75) is 12.8 Å². The van der Waals surface area contributed by atoms with Crippen molar-refractivity contribution >= 4 is 16.9 Å². The van der Waals surface area contributed by atoms with E-state index in [1.165, 1.54) is 0 Å². The third-order valence-electron chi connectivity index (χ3n) is 4.16. The molecule has 0 bridgehead atoms. The molecule has 1 amide bonds. The number of nitrogens with zero attached hydrogens (tertiary/aromatic N) is 2. The molecule has 5 heteroatoms. The second kappa shape index (κ2) is 6.75. The Bertz CT molecular complexity index is 657. The van der Waals surface area contributed by atoms with Gasteiger partial charge in [0.25, 0.3) is 5.91 Å². The van der Waals surface area contributed by atoms with Crippen LogP contribution in [0.5, 0.6) is 0 Å². The molecule has 1 saturated heterocycles. The number of fused-ring (bicyclic) bond motifs is 1. The van der Waals surface area contributed by atoms with Crippen LogP contribution in [0.2, 0.25) is 0 Å². The van der Waals surface area contributed by atoms with Crippen molar-refractivity contribution < 1.29 is 9.53 Å². The Morgan fingerprint density at radius 1 is 1.45 bits per heavy atom. The number of aromatic amines is 1. The topological polar surface area (TPSA) is 58.2 Å². The van der Waals surface area contributed by atoms with E-state index in [-0.39, 0.29) is 5.91 Å². The number of H-pyrrole nitrogens is 1. The molecule has 0 saturated carbocycles. The van der Waals surface area contributed by atoms with Crippen LogP contribution in [0.3, 0.4) is 0 Å². The SMILES string of the molecule is C=CCOCC1CCN(C(=O)c2ccc3nc[nH]c3c2)CC1. The summed E-state index contributed by atoms with van der Waals surface area (Å²) in [6.45, 7) is 6.59. The van der Waals surface area contributed by atoms with Crippen LogP contribution >= 0.6 is 0 Å². The van der Waals surface area contributed by atoms with E-state index < -0.39 is 0 Å². The molecule has 2 heterocycles. The smallest absolute Gasteiger partial charge is 0.253 e. The lowest BCUT2D eigenvalue weighted by Crippen LogP contribution is -2.39. The Balaban J connectivity index is 1.58. The van der Waals surface area contributed by atoms with Gasteiger partial charge in [-0.05, 0) is 37.0 Å². The molecule has 116 valence electrons. The van der Waals surface area contributed by atoms with E-state index in [0.29, 0.717) is 12.5 Å². The Hall–Kier alpha value is -2.14. The van der Waals surface area contributed by atoms with Gasteiger partial charge in [-0.1, -0.05) is 6.08 Å². The maximum Gasteiger partial charge on any atom is 0.253 e.